The van der Waals surface area contributed by atoms with Crippen molar-refractivity contribution >= 4 is 17.5 Å². The van der Waals surface area contributed by atoms with E-state index in [9.17, 15) is 4.79 Å². The summed E-state index contributed by atoms with van der Waals surface area (Å²) < 4.78 is 0. The minimum Gasteiger partial charge on any atom is -0.352 e. The summed E-state index contributed by atoms with van der Waals surface area (Å²) in [7, 11) is 0. The van der Waals surface area contributed by atoms with E-state index < -0.39 is 0 Å². The topological polar surface area (TPSA) is 29.1 Å². The van der Waals surface area contributed by atoms with E-state index in [0.29, 0.717) is 11.4 Å². The van der Waals surface area contributed by atoms with E-state index in [1.54, 1.807) is 0 Å². The highest BCUT2D eigenvalue weighted by molar-refractivity contribution is 6.17. The lowest BCUT2D eigenvalue weighted by molar-refractivity contribution is 0.0952. The Balaban J connectivity index is 1.71. The second-order valence-electron chi connectivity index (χ2n) is 5.38. The van der Waals surface area contributed by atoms with Gasteiger partial charge >= 0.3 is 0 Å². The van der Waals surface area contributed by atoms with Crippen LogP contribution in [0.15, 0.2) is 24.3 Å². The summed E-state index contributed by atoms with van der Waals surface area (Å²) in [5, 5.41) is 2.99. The smallest absolute Gasteiger partial charge is 0.251 e. The fourth-order valence-corrected chi connectivity index (χ4v) is 2.96. The van der Waals surface area contributed by atoms with Crippen molar-refractivity contribution in [2.75, 3.05) is 6.54 Å². The van der Waals surface area contributed by atoms with Gasteiger partial charge in [0.2, 0.25) is 0 Å². The fraction of sp³-hybridized carbons (Fsp3) is 0.562. The summed E-state index contributed by atoms with van der Waals surface area (Å²) in [5.74, 6) is 1.36. The van der Waals surface area contributed by atoms with Crippen LogP contribution in [0.2, 0.25) is 0 Å². The number of carbonyl (C=O) groups excluding carboxylic acids is 1. The number of alkyl halides is 1. The predicted molar refractivity (Wildman–Crippen MR) is 79.5 cm³/mol. The number of nitrogens with one attached hydrogen (secondary N) is 1. The van der Waals surface area contributed by atoms with Crippen molar-refractivity contribution in [2.24, 2.45) is 5.92 Å². The minimum absolute atomic E-state index is 0.0124. The van der Waals surface area contributed by atoms with Crippen molar-refractivity contribution < 1.29 is 4.79 Å². The lowest BCUT2D eigenvalue weighted by Crippen LogP contribution is -2.24. The largest absolute Gasteiger partial charge is 0.352 e. The third-order valence-corrected chi connectivity index (χ3v) is 4.20. The van der Waals surface area contributed by atoms with Gasteiger partial charge in [0.05, 0.1) is 0 Å². The minimum atomic E-state index is 0.0124. The van der Waals surface area contributed by atoms with E-state index in [4.69, 9.17) is 11.6 Å². The molecule has 1 fully saturated rings. The van der Waals surface area contributed by atoms with Crippen molar-refractivity contribution in [1.82, 2.24) is 5.32 Å². The number of hydrogen-bond donors (Lipinski definition) is 1. The number of halogens is 1. The van der Waals surface area contributed by atoms with Crippen molar-refractivity contribution in [3.63, 3.8) is 0 Å². The molecule has 0 aromatic heterocycles. The van der Waals surface area contributed by atoms with E-state index in [2.05, 4.69) is 5.32 Å². The monoisotopic (exact) mass is 279 g/mol. The van der Waals surface area contributed by atoms with Gasteiger partial charge in [-0.3, -0.25) is 4.79 Å². The van der Waals surface area contributed by atoms with Crippen molar-refractivity contribution in [2.45, 2.75) is 44.4 Å². The maximum Gasteiger partial charge on any atom is 0.251 e. The van der Waals surface area contributed by atoms with Crippen LogP contribution in [0.1, 0.15) is 54.4 Å². The van der Waals surface area contributed by atoms with Gasteiger partial charge in [-0.2, -0.15) is 0 Å². The second-order valence-corrected chi connectivity index (χ2v) is 5.65. The predicted octanol–water partition coefficient (Wildman–Crippen LogP) is 4.13. The zero-order valence-corrected chi connectivity index (χ0v) is 12.1. The van der Waals surface area contributed by atoms with Crippen LogP contribution in [-0.2, 0) is 5.88 Å². The maximum absolute atomic E-state index is 12.0. The molecule has 19 heavy (non-hydrogen) atoms. The normalized spacial score (nSPS) is 15.6. The molecule has 2 rings (SSSR count). The first-order chi connectivity index (χ1) is 9.29. The molecule has 0 heterocycles. The Hall–Kier alpha value is -1.02. The fourth-order valence-electron chi connectivity index (χ4n) is 2.79. The summed E-state index contributed by atoms with van der Waals surface area (Å²) in [6.07, 6.45) is 7.88. The van der Waals surface area contributed by atoms with E-state index in [-0.39, 0.29) is 5.91 Å². The zero-order valence-electron chi connectivity index (χ0n) is 11.3. The summed E-state index contributed by atoms with van der Waals surface area (Å²) in [4.78, 5) is 12.0. The number of benzene rings is 1. The average molecular weight is 280 g/mol. The SMILES string of the molecule is O=C(NCCCC1CCCC1)c1cccc(CCl)c1. The van der Waals surface area contributed by atoms with Crippen LogP contribution in [-0.4, -0.2) is 12.5 Å². The maximum atomic E-state index is 12.0. The quantitative estimate of drug-likeness (QED) is 0.616. The molecule has 104 valence electrons. The van der Waals surface area contributed by atoms with Gasteiger partial charge in [0.15, 0.2) is 0 Å². The Morgan fingerprint density at radius 2 is 2.11 bits per heavy atom. The van der Waals surface area contributed by atoms with E-state index in [1.807, 2.05) is 24.3 Å². The molecule has 1 aliphatic carbocycles. The van der Waals surface area contributed by atoms with Crippen LogP contribution in [0.25, 0.3) is 0 Å². The molecule has 0 bridgehead atoms. The molecule has 1 N–H and O–H groups in total. The third-order valence-electron chi connectivity index (χ3n) is 3.89. The Kier molecular flexibility index (Phi) is 5.71. The first-order valence-electron chi connectivity index (χ1n) is 7.22. The Morgan fingerprint density at radius 1 is 1.32 bits per heavy atom. The van der Waals surface area contributed by atoms with Crippen LogP contribution in [0.4, 0.5) is 0 Å². The summed E-state index contributed by atoms with van der Waals surface area (Å²) in [6, 6.07) is 7.51. The molecule has 1 saturated carbocycles. The van der Waals surface area contributed by atoms with Crippen LogP contribution < -0.4 is 5.32 Å². The van der Waals surface area contributed by atoms with Gasteiger partial charge in [0.25, 0.3) is 5.91 Å². The molecule has 2 nitrogen and oxygen atoms in total. The van der Waals surface area contributed by atoms with Gasteiger partial charge in [-0.15, -0.1) is 11.6 Å². The third kappa shape index (κ3) is 4.54. The lowest BCUT2D eigenvalue weighted by Gasteiger charge is -2.09. The average Bonchev–Trinajstić information content (AvgIpc) is 2.96. The molecule has 3 heteroatoms. The molecular weight excluding hydrogens is 258 g/mol. The number of hydrogen-bond acceptors (Lipinski definition) is 1. The van der Waals surface area contributed by atoms with Crippen molar-refractivity contribution in [3.05, 3.63) is 35.4 Å². The van der Waals surface area contributed by atoms with Crippen LogP contribution in [0.5, 0.6) is 0 Å². The zero-order chi connectivity index (χ0) is 13.5. The second kappa shape index (κ2) is 7.54. The molecule has 1 amide bonds. The van der Waals surface area contributed by atoms with E-state index in [0.717, 1.165) is 24.4 Å². The molecule has 0 unspecified atom stereocenters. The Bertz CT molecular complexity index is 413. The molecule has 1 aliphatic rings. The highest BCUT2D eigenvalue weighted by Gasteiger charge is 2.14. The molecule has 0 spiro atoms. The van der Waals surface area contributed by atoms with Gasteiger partial charge in [0.1, 0.15) is 0 Å². The molecular formula is C16H22ClNO. The van der Waals surface area contributed by atoms with Gasteiger partial charge in [-0.1, -0.05) is 37.8 Å². The van der Waals surface area contributed by atoms with Gasteiger partial charge in [-0.25, -0.2) is 0 Å². The van der Waals surface area contributed by atoms with Gasteiger partial charge in [0, 0.05) is 18.0 Å². The summed E-state index contributed by atoms with van der Waals surface area (Å²) >= 11 is 5.77. The van der Waals surface area contributed by atoms with Gasteiger partial charge in [-0.05, 0) is 36.5 Å². The van der Waals surface area contributed by atoms with Crippen LogP contribution >= 0.6 is 11.6 Å². The molecule has 0 saturated heterocycles. The number of carbonyl (C=O) groups is 1. The van der Waals surface area contributed by atoms with E-state index in [1.165, 1.54) is 32.1 Å². The van der Waals surface area contributed by atoms with Crippen molar-refractivity contribution in [1.29, 1.82) is 0 Å². The lowest BCUT2D eigenvalue weighted by atomic mass is 10.0. The van der Waals surface area contributed by atoms with Crippen LogP contribution in [0.3, 0.4) is 0 Å². The van der Waals surface area contributed by atoms with E-state index >= 15 is 0 Å². The standard InChI is InChI=1S/C16H22ClNO/c17-12-14-7-3-9-15(11-14)16(19)18-10-4-8-13-5-1-2-6-13/h3,7,9,11,13H,1-2,4-6,8,10,12H2,(H,18,19). The Labute approximate surface area is 120 Å². The highest BCUT2D eigenvalue weighted by Crippen LogP contribution is 2.28. The molecule has 1 aromatic rings. The first-order valence-corrected chi connectivity index (χ1v) is 7.76. The Morgan fingerprint density at radius 3 is 2.84 bits per heavy atom. The summed E-state index contributed by atoms with van der Waals surface area (Å²) in [6.45, 7) is 0.778. The molecule has 0 aliphatic heterocycles. The van der Waals surface area contributed by atoms with Crippen molar-refractivity contribution in [3.8, 4) is 0 Å². The number of rotatable bonds is 6. The van der Waals surface area contributed by atoms with Crippen LogP contribution in [0, 0.1) is 5.92 Å². The summed E-state index contributed by atoms with van der Waals surface area (Å²) in [5.41, 5.74) is 1.69. The first kappa shape index (κ1) is 14.4. The van der Waals surface area contributed by atoms with Gasteiger partial charge < -0.3 is 5.32 Å². The highest BCUT2D eigenvalue weighted by atomic mass is 35.5. The molecule has 0 atom stereocenters. The number of amides is 1. The molecule has 0 radical (unpaired) electrons. The molecule has 1 aromatic carbocycles.